The van der Waals surface area contributed by atoms with Gasteiger partial charge in [0.25, 0.3) is 5.56 Å². The second-order valence-corrected chi connectivity index (χ2v) is 14.7. The van der Waals surface area contributed by atoms with E-state index in [1.54, 1.807) is 24.3 Å². The van der Waals surface area contributed by atoms with Crippen molar-refractivity contribution < 1.29 is 55.7 Å². The van der Waals surface area contributed by atoms with E-state index < -0.39 is 71.0 Å². The minimum absolute atomic E-state index is 0.224. The standard InChI is InChI=1S/C34H34N2O14P2/c1-22-4-10-27(11-5-22)33(39)49-29-14-8-26(9-15-29)20-46-52(43,45-19-25-6-12-28(13-7-25)47-24(3)37)50-51(41,42)44-21-30-16-17-31(48-30)36-18-23(2)32(38)35-34(36)40/h4-18,30-31H,19-21H2,1-3H3,(H,41,42)(H,35,38,40)/t30?,31-,52?/m1/s1. The number of phosphoric acid groups is 2. The summed E-state index contributed by atoms with van der Waals surface area (Å²) in [6, 6.07) is 18.8. The second-order valence-electron chi connectivity index (χ2n) is 11.4. The van der Waals surface area contributed by atoms with Gasteiger partial charge in [0.1, 0.15) is 17.6 Å². The Morgan fingerprint density at radius 2 is 1.40 bits per heavy atom. The first kappa shape index (κ1) is 38.5. The zero-order chi connectivity index (χ0) is 37.5. The van der Waals surface area contributed by atoms with E-state index >= 15 is 0 Å². The molecule has 18 heteroatoms. The summed E-state index contributed by atoms with van der Waals surface area (Å²) in [6.45, 7) is 3.22. The monoisotopic (exact) mass is 756 g/mol. The number of rotatable bonds is 15. The lowest BCUT2D eigenvalue weighted by atomic mass is 10.1. The number of carbonyl (C=O) groups is 2. The summed E-state index contributed by atoms with van der Waals surface area (Å²) < 4.78 is 64.9. The Balaban J connectivity index is 1.23. The quantitative estimate of drug-likeness (QED) is 0.0672. The largest absolute Gasteiger partial charge is 0.484 e. The van der Waals surface area contributed by atoms with Gasteiger partial charge in [-0.25, -0.2) is 18.7 Å². The average molecular weight is 757 g/mol. The number of H-pyrrole nitrogens is 1. The molecule has 52 heavy (non-hydrogen) atoms. The number of aromatic nitrogens is 2. The summed E-state index contributed by atoms with van der Waals surface area (Å²) >= 11 is 0. The van der Waals surface area contributed by atoms with E-state index in [2.05, 4.69) is 4.98 Å². The van der Waals surface area contributed by atoms with Crippen molar-refractivity contribution >= 4 is 27.6 Å². The van der Waals surface area contributed by atoms with Gasteiger partial charge in [0.05, 0.1) is 25.4 Å². The smallest absolute Gasteiger partial charge is 0.427 e. The molecule has 2 N–H and O–H groups in total. The van der Waals surface area contributed by atoms with E-state index in [4.69, 9.17) is 32.1 Å². The number of nitrogens with one attached hydrogen (secondary N) is 1. The minimum Gasteiger partial charge on any atom is -0.427 e. The summed E-state index contributed by atoms with van der Waals surface area (Å²) in [5, 5.41) is 0. The lowest BCUT2D eigenvalue weighted by molar-refractivity contribution is -0.131. The third kappa shape index (κ3) is 10.9. The van der Waals surface area contributed by atoms with E-state index in [0.29, 0.717) is 16.7 Å². The Morgan fingerprint density at radius 3 is 1.98 bits per heavy atom. The number of carbonyl (C=O) groups excluding carboxylic acids is 2. The third-order valence-electron chi connectivity index (χ3n) is 7.21. The maximum absolute atomic E-state index is 13.8. The van der Waals surface area contributed by atoms with Crippen LogP contribution in [0.25, 0.3) is 0 Å². The molecule has 2 heterocycles. The summed E-state index contributed by atoms with van der Waals surface area (Å²) in [6.07, 6.45) is 2.36. The summed E-state index contributed by atoms with van der Waals surface area (Å²) in [5.41, 5.74) is 1.16. The highest BCUT2D eigenvalue weighted by Gasteiger charge is 2.39. The fourth-order valence-corrected chi connectivity index (χ4v) is 7.16. The third-order valence-corrected chi connectivity index (χ3v) is 10.2. The first-order valence-electron chi connectivity index (χ1n) is 15.6. The van der Waals surface area contributed by atoms with Crippen molar-refractivity contribution in [2.45, 2.75) is 46.3 Å². The number of hydrogen-bond acceptors (Lipinski definition) is 13. The zero-order valence-electron chi connectivity index (χ0n) is 28.0. The fraction of sp³-hybridized carbons (Fsp3) is 0.235. The number of phosphoric ester groups is 2. The molecule has 3 unspecified atom stereocenters. The van der Waals surface area contributed by atoms with Crippen molar-refractivity contribution in [3.05, 3.63) is 140 Å². The van der Waals surface area contributed by atoms with Gasteiger partial charge in [-0.2, -0.15) is 4.31 Å². The van der Waals surface area contributed by atoms with Crippen LogP contribution in [0.3, 0.4) is 0 Å². The predicted molar refractivity (Wildman–Crippen MR) is 183 cm³/mol. The summed E-state index contributed by atoms with van der Waals surface area (Å²) in [5.74, 6) is -0.620. The van der Waals surface area contributed by atoms with Gasteiger partial charge in [-0.3, -0.25) is 32.7 Å². The molecule has 0 amide bonds. The second kappa shape index (κ2) is 16.7. The molecule has 0 saturated carbocycles. The lowest BCUT2D eigenvalue weighted by Gasteiger charge is -2.22. The maximum atomic E-state index is 13.8. The van der Waals surface area contributed by atoms with Crippen LogP contribution in [0, 0.1) is 13.8 Å². The van der Waals surface area contributed by atoms with Crippen LogP contribution in [0.2, 0.25) is 0 Å². The van der Waals surface area contributed by atoms with Crippen molar-refractivity contribution in [2.75, 3.05) is 6.61 Å². The fourth-order valence-electron chi connectivity index (χ4n) is 4.56. The molecule has 4 atom stereocenters. The Labute approximate surface area is 296 Å². The van der Waals surface area contributed by atoms with Crippen molar-refractivity contribution in [1.82, 2.24) is 9.55 Å². The predicted octanol–water partition coefficient (Wildman–Crippen LogP) is 5.43. The van der Waals surface area contributed by atoms with Crippen molar-refractivity contribution in [3.8, 4) is 11.5 Å². The molecule has 0 spiro atoms. The SMILES string of the molecule is CC(=O)Oc1ccc(COP(=O)(OCc2ccc(OC(=O)c3ccc(C)cc3)cc2)OP(=O)(O)OCC2C=C[C@H](n3cc(C)c(=O)[nH]c3=O)O2)cc1. The molecule has 274 valence electrons. The highest BCUT2D eigenvalue weighted by Crippen LogP contribution is 2.64. The van der Waals surface area contributed by atoms with Gasteiger partial charge in [0.2, 0.25) is 0 Å². The van der Waals surface area contributed by atoms with Crippen LogP contribution >= 0.6 is 15.6 Å². The van der Waals surface area contributed by atoms with Gasteiger partial charge < -0.3 is 19.1 Å². The van der Waals surface area contributed by atoms with E-state index in [9.17, 15) is 33.2 Å². The van der Waals surface area contributed by atoms with E-state index in [1.807, 2.05) is 6.92 Å². The van der Waals surface area contributed by atoms with Crippen molar-refractivity contribution in [2.24, 2.45) is 0 Å². The molecule has 0 radical (unpaired) electrons. The number of benzene rings is 3. The number of aryl methyl sites for hydroxylation is 2. The highest BCUT2D eigenvalue weighted by atomic mass is 31.3. The number of esters is 2. The van der Waals surface area contributed by atoms with E-state index in [1.165, 1.54) is 80.7 Å². The number of hydrogen-bond donors (Lipinski definition) is 2. The Kier molecular flexibility index (Phi) is 12.4. The van der Waals surface area contributed by atoms with Gasteiger partial charge in [-0.05, 0) is 67.4 Å². The molecule has 16 nitrogen and oxygen atoms in total. The lowest BCUT2D eigenvalue weighted by Crippen LogP contribution is -2.33. The average Bonchev–Trinajstić information content (AvgIpc) is 3.57. The van der Waals surface area contributed by atoms with Crippen LogP contribution in [0.4, 0.5) is 0 Å². The van der Waals surface area contributed by atoms with Gasteiger partial charge >= 0.3 is 33.3 Å². The molecule has 1 aromatic heterocycles. The highest BCUT2D eigenvalue weighted by molar-refractivity contribution is 7.61. The van der Waals surface area contributed by atoms with Crippen LogP contribution < -0.4 is 20.7 Å². The molecule has 1 aliphatic rings. The number of aromatic amines is 1. The van der Waals surface area contributed by atoms with Gasteiger partial charge in [-0.1, -0.05) is 48.0 Å². The van der Waals surface area contributed by atoms with Crippen molar-refractivity contribution in [3.63, 3.8) is 0 Å². The molecular weight excluding hydrogens is 722 g/mol. The zero-order valence-corrected chi connectivity index (χ0v) is 29.8. The van der Waals surface area contributed by atoms with Crippen LogP contribution in [0.15, 0.2) is 101 Å². The minimum atomic E-state index is -5.16. The molecule has 0 bridgehead atoms. The maximum Gasteiger partial charge on any atom is 0.484 e. The first-order chi connectivity index (χ1) is 24.7. The van der Waals surface area contributed by atoms with Gasteiger partial charge in [0, 0.05) is 18.7 Å². The topological polar surface area (TPSA) is 208 Å². The molecule has 4 aromatic rings. The van der Waals surface area contributed by atoms with Gasteiger partial charge in [-0.15, -0.1) is 0 Å². The molecule has 1 aliphatic heterocycles. The van der Waals surface area contributed by atoms with Crippen LogP contribution in [0.1, 0.15) is 45.8 Å². The number of nitrogens with zero attached hydrogens (tertiary/aromatic N) is 1. The normalized spacial score (nSPS) is 17.6. The molecular formula is C34H34N2O14P2. The van der Waals surface area contributed by atoms with Crippen LogP contribution in [-0.2, 0) is 49.8 Å². The summed E-state index contributed by atoms with van der Waals surface area (Å²) in [4.78, 5) is 60.4. The molecule has 3 aromatic carbocycles. The molecule has 0 saturated heterocycles. The van der Waals surface area contributed by atoms with E-state index in [0.717, 1.165) is 10.1 Å². The molecule has 5 rings (SSSR count). The Bertz CT molecular complexity index is 2150. The first-order valence-corrected chi connectivity index (χ1v) is 18.5. The molecule has 0 aliphatic carbocycles. The molecule has 0 fully saturated rings. The van der Waals surface area contributed by atoms with Crippen LogP contribution in [-0.4, -0.2) is 39.1 Å². The Hall–Kier alpha value is -4.76. The van der Waals surface area contributed by atoms with Crippen LogP contribution in [0.5, 0.6) is 11.5 Å². The van der Waals surface area contributed by atoms with Crippen molar-refractivity contribution in [1.29, 1.82) is 0 Å². The number of ether oxygens (including phenoxy) is 3. The summed E-state index contributed by atoms with van der Waals surface area (Å²) in [7, 11) is -10.0. The van der Waals surface area contributed by atoms with Gasteiger partial charge in [0.15, 0.2) is 6.23 Å². The van der Waals surface area contributed by atoms with E-state index in [-0.39, 0.29) is 17.1 Å². The Morgan fingerprint density at radius 1 is 0.827 bits per heavy atom.